The van der Waals surface area contributed by atoms with Crippen LogP contribution in [0.15, 0.2) is 66.9 Å². The maximum absolute atomic E-state index is 14.4. The highest BCUT2D eigenvalue weighted by Gasteiger charge is 2.40. The third kappa shape index (κ3) is 5.24. The monoisotopic (exact) mass is 505 g/mol. The van der Waals surface area contributed by atoms with Gasteiger partial charge in [0.2, 0.25) is 0 Å². The van der Waals surface area contributed by atoms with Gasteiger partial charge in [-0.25, -0.2) is 13.5 Å². The van der Waals surface area contributed by atoms with Crippen LogP contribution in [-0.2, 0) is 4.79 Å². The summed E-state index contributed by atoms with van der Waals surface area (Å²) in [5.41, 5.74) is 1.47. The number of alkyl halides is 3. The van der Waals surface area contributed by atoms with Gasteiger partial charge >= 0.3 is 12.1 Å². The molecule has 188 valence electrons. The van der Waals surface area contributed by atoms with E-state index in [0.29, 0.717) is 16.6 Å². The largest absolute Gasteiger partial charge is 0.494 e. The van der Waals surface area contributed by atoms with Crippen molar-refractivity contribution in [2.45, 2.75) is 25.2 Å². The average Bonchev–Trinajstić information content (AvgIpc) is 3.25. The third-order valence-electron chi connectivity index (χ3n) is 5.45. The van der Waals surface area contributed by atoms with Gasteiger partial charge in [-0.1, -0.05) is 6.07 Å². The van der Waals surface area contributed by atoms with Crippen molar-refractivity contribution in [2.24, 2.45) is 0 Å². The van der Waals surface area contributed by atoms with E-state index in [-0.39, 0.29) is 17.1 Å². The standard InChI is InChI=1S/C25H20F5N3O3/c1-14(32-24(34)25(28,29)30)23(15-3-10-22(35-2)20(27)12-15)36-19-8-9-21-16(11-19)13-31-33(21)18-6-4-17(26)5-7-18/h3-14,23H,1-2H3,(H,32,34)/t14-,23+/m0/s1. The molecule has 0 spiro atoms. The minimum absolute atomic E-state index is 0.0564. The lowest BCUT2D eigenvalue weighted by Crippen LogP contribution is -2.45. The first kappa shape index (κ1) is 25.0. The molecule has 0 aliphatic carbocycles. The number of carbonyl (C=O) groups excluding carboxylic acids is 1. The van der Waals surface area contributed by atoms with Crippen LogP contribution in [0.25, 0.3) is 16.6 Å². The Morgan fingerprint density at radius 3 is 2.39 bits per heavy atom. The van der Waals surface area contributed by atoms with Crippen molar-refractivity contribution >= 4 is 16.8 Å². The van der Waals surface area contributed by atoms with Crippen LogP contribution in [0.4, 0.5) is 22.0 Å². The minimum Gasteiger partial charge on any atom is -0.494 e. The van der Waals surface area contributed by atoms with E-state index in [0.717, 1.165) is 6.07 Å². The van der Waals surface area contributed by atoms with Crippen molar-refractivity contribution in [1.29, 1.82) is 0 Å². The van der Waals surface area contributed by atoms with Gasteiger partial charge < -0.3 is 14.8 Å². The molecule has 3 aromatic carbocycles. The van der Waals surface area contributed by atoms with Crippen molar-refractivity contribution in [3.8, 4) is 17.2 Å². The zero-order valence-electron chi connectivity index (χ0n) is 19.0. The van der Waals surface area contributed by atoms with Gasteiger partial charge in [0.05, 0.1) is 30.6 Å². The molecule has 0 saturated carbocycles. The predicted octanol–water partition coefficient (Wildman–Crippen LogP) is 5.50. The maximum atomic E-state index is 14.4. The van der Waals surface area contributed by atoms with Gasteiger partial charge in [-0.05, 0) is 67.1 Å². The first-order chi connectivity index (χ1) is 17.1. The Kier molecular flexibility index (Phi) is 6.82. The van der Waals surface area contributed by atoms with Gasteiger partial charge in [-0.15, -0.1) is 0 Å². The molecule has 0 aliphatic heterocycles. The predicted molar refractivity (Wildman–Crippen MR) is 121 cm³/mol. The Labute approximate surface area is 202 Å². The Hall–Kier alpha value is -4.15. The van der Waals surface area contributed by atoms with Crippen LogP contribution >= 0.6 is 0 Å². The molecule has 0 fully saturated rings. The Balaban J connectivity index is 1.66. The highest BCUT2D eigenvalue weighted by atomic mass is 19.4. The van der Waals surface area contributed by atoms with E-state index in [2.05, 4.69) is 5.10 Å². The summed E-state index contributed by atoms with van der Waals surface area (Å²) in [4.78, 5) is 11.5. The summed E-state index contributed by atoms with van der Waals surface area (Å²) < 4.78 is 78.6. The number of fused-ring (bicyclic) bond motifs is 1. The topological polar surface area (TPSA) is 65.4 Å². The van der Waals surface area contributed by atoms with E-state index in [9.17, 15) is 26.7 Å². The molecule has 36 heavy (non-hydrogen) atoms. The molecule has 1 N–H and O–H groups in total. The molecule has 0 unspecified atom stereocenters. The second kappa shape index (κ2) is 9.84. The fraction of sp³-hybridized carbons (Fsp3) is 0.200. The van der Waals surface area contributed by atoms with Crippen molar-refractivity contribution in [1.82, 2.24) is 15.1 Å². The summed E-state index contributed by atoms with van der Waals surface area (Å²) >= 11 is 0. The molecular weight excluding hydrogens is 485 g/mol. The first-order valence-electron chi connectivity index (χ1n) is 10.7. The summed E-state index contributed by atoms with van der Waals surface area (Å²) in [6.07, 6.45) is -4.73. The molecule has 1 heterocycles. The zero-order valence-corrected chi connectivity index (χ0v) is 19.0. The van der Waals surface area contributed by atoms with Crippen LogP contribution in [0, 0.1) is 11.6 Å². The highest BCUT2D eigenvalue weighted by Crippen LogP contribution is 2.31. The molecular formula is C25H20F5N3O3. The van der Waals surface area contributed by atoms with Crippen LogP contribution in [0.3, 0.4) is 0 Å². The van der Waals surface area contributed by atoms with E-state index >= 15 is 0 Å². The number of carbonyl (C=O) groups is 1. The molecule has 0 aliphatic rings. The van der Waals surface area contributed by atoms with Crippen molar-refractivity contribution in [3.05, 3.63) is 84.1 Å². The van der Waals surface area contributed by atoms with Gasteiger partial charge in [0.25, 0.3) is 0 Å². The molecule has 6 nitrogen and oxygen atoms in total. The van der Waals surface area contributed by atoms with Crippen LogP contribution in [-0.4, -0.2) is 35.0 Å². The van der Waals surface area contributed by atoms with Crippen LogP contribution in [0.1, 0.15) is 18.6 Å². The van der Waals surface area contributed by atoms with Crippen molar-refractivity contribution in [3.63, 3.8) is 0 Å². The van der Waals surface area contributed by atoms with Gasteiger partial charge in [0.15, 0.2) is 11.6 Å². The van der Waals surface area contributed by atoms with E-state index in [4.69, 9.17) is 9.47 Å². The fourth-order valence-corrected chi connectivity index (χ4v) is 3.70. The second-order valence-corrected chi connectivity index (χ2v) is 7.95. The van der Waals surface area contributed by atoms with Crippen molar-refractivity contribution < 1.29 is 36.2 Å². The quantitative estimate of drug-likeness (QED) is 0.337. The average molecular weight is 505 g/mol. The Morgan fingerprint density at radius 1 is 1.03 bits per heavy atom. The van der Waals surface area contributed by atoms with E-state index in [1.54, 1.807) is 41.2 Å². The molecule has 11 heteroatoms. The normalized spacial score (nSPS) is 13.3. The van der Waals surface area contributed by atoms with E-state index in [1.807, 2.05) is 5.32 Å². The van der Waals surface area contributed by atoms with E-state index < -0.39 is 35.9 Å². The lowest BCUT2D eigenvalue weighted by molar-refractivity contribution is -0.174. The van der Waals surface area contributed by atoms with Gasteiger partial charge in [0.1, 0.15) is 17.7 Å². The Bertz CT molecular complexity index is 1390. The SMILES string of the molecule is COc1ccc([C@H](Oc2ccc3c(cnn3-c3ccc(F)cc3)c2)[C@H](C)NC(=O)C(F)(F)F)cc1F. The number of ether oxygens (including phenoxy) is 2. The highest BCUT2D eigenvalue weighted by molar-refractivity contribution is 5.82. The number of amides is 1. The maximum Gasteiger partial charge on any atom is 0.471 e. The van der Waals surface area contributed by atoms with Crippen molar-refractivity contribution in [2.75, 3.05) is 7.11 Å². The molecule has 2 atom stereocenters. The molecule has 1 amide bonds. The number of methoxy groups -OCH3 is 1. The Morgan fingerprint density at radius 2 is 1.75 bits per heavy atom. The number of halogens is 5. The summed E-state index contributed by atoms with van der Waals surface area (Å²) in [7, 11) is 1.28. The number of rotatable bonds is 7. The lowest BCUT2D eigenvalue weighted by Gasteiger charge is -2.27. The fourth-order valence-electron chi connectivity index (χ4n) is 3.70. The van der Waals surface area contributed by atoms with Crippen LogP contribution in [0.5, 0.6) is 11.5 Å². The molecule has 0 bridgehead atoms. The number of nitrogens with zero attached hydrogens (tertiary/aromatic N) is 2. The zero-order chi connectivity index (χ0) is 26.0. The van der Waals surface area contributed by atoms with Gasteiger partial charge in [-0.3, -0.25) is 4.79 Å². The van der Waals surface area contributed by atoms with Gasteiger partial charge in [-0.2, -0.15) is 18.3 Å². The van der Waals surface area contributed by atoms with Crippen LogP contribution in [0.2, 0.25) is 0 Å². The number of aromatic nitrogens is 2. The molecule has 0 saturated heterocycles. The van der Waals surface area contributed by atoms with Crippen LogP contribution < -0.4 is 14.8 Å². The summed E-state index contributed by atoms with van der Waals surface area (Å²) in [5, 5.41) is 6.79. The molecule has 4 rings (SSSR count). The van der Waals surface area contributed by atoms with Gasteiger partial charge in [0, 0.05) is 5.39 Å². The third-order valence-corrected chi connectivity index (χ3v) is 5.45. The lowest BCUT2D eigenvalue weighted by atomic mass is 10.0. The summed E-state index contributed by atoms with van der Waals surface area (Å²) in [6.45, 7) is 1.32. The smallest absolute Gasteiger partial charge is 0.471 e. The van der Waals surface area contributed by atoms with E-state index in [1.165, 1.54) is 38.3 Å². The molecule has 1 aromatic heterocycles. The number of benzene rings is 3. The first-order valence-corrected chi connectivity index (χ1v) is 10.7. The number of nitrogens with one attached hydrogen (secondary N) is 1. The second-order valence-electron chi connectivity index (χ2n) is 7.95. The summed E-state index contributed by atoms with van der Waals surface area (Å²) in [6, 6.07) is 13.2. The number of hydrogen-bond acceptors (Lipinski definition) is 4. The summed E-state index contributed by atoms with van der Waals surface area (Å²) in [5.74, 6) is -3.09. The number of hydrogen-bond donors (Lipinski definition) is 1. The minimum atomic E-state index is -5.10. The molecule has 4 aromatic rings. The molecule has 0 radical (unpaired) electrons.